The van der Waals surface area contributed by atoms with Gasteiger partial charge in [-0.3, -0.25) is 4.79 Å². The summed E-state index contributed by atoms with van der Waals surface area (Å²) >= 11 is 0. The first-order valence-corrected chi connectivity index (χ1v) is 7.22. The summed E-state index contributed by atoms with van der Waals surface area (Å²) in [6, 6.07) is 18.4. The molecule has 0 radical (unpaired) electrons. The van der Waals surface area contributed by atoms with E-state index in [-0.39, 0.29) is 11.3 Å². The van der Waals surface area contributed by atoms with Crippen molar-refractivity contribution in [2.24, 2.45) is 0 Å². The molecule has 0 aliphatic rings. The summed E-state index contributed by atoms with van der Waals surface area (Å²) in [7, 11) is 0. The van der Waals surface area contributed by atoms with Crippen molar-refractivity contribution in [1.82, 2.24) is 0 Å². The first-order valence-electron chi connectivity index (χ1n) is 7.22. The molecule has 0 aliphatic heterocycles. The topological polar surface area (TPSA) is 38.3 Å². The van der Waals surface area contributed by atoms with Gasteiger partial charge in [0.15, 0.2) is 0 Å². The van der Waals surface area contributed by atoms with Crippen LogP contribution in [0.2, 0.25) is 0 Å². The number of hydrogen-bond donors (Lipinski definition) is 1. The summed E-state index contributed by atoms with van der Waals surface area (Å²) in [5.41, 5.74) is -0.0143. The van der Waals surface area contributed by atoms with Crippen LogP contribution in [-0.4, -0.2) is 5.91 Å². The van der Waals surface area contributed by atoms with Crippen LogP contribution in [0.3, 0.4) is 0 Å². The van der Waals surface area contributed by atoms with E-state index in [9.17, 15) is 13.6 Å². The second-order valence-electron chi connectivity index (χ2n) is 4.99. The number of amides is 1. The van der Waals surface area contributed by atoms with Crippen LogP contribution in [0.25, 0.3) is 0 Å². The van der Waals surface area contributed by atoms with Crippen LogP contribution in [0.5, 0.6) is 11.5 Å². The largest absolute Gasteiger partial charge is 0.457 e. The van der Waals surface area contributed by atoms with Crippen molar-refractivity contribution < 1.29 is 18.3 Å². The summed E-state index contributed by atoms with van der Waals surface area (Å²) in [5, 5.41) is 2.36. The second kappa shape index (κ2) is 6.91. The molecular formula is C19H13F2NO2. The van der Waals surface area contributed by atoms with Crippen molar-refractivity contribution in [3.8, 4) is 11.5 Å². The van der Waals surface area contributed by atoms with E-state index in [4.69, 9.17) is 4.74 Å². The molecule has 1 amide bonds. The Morgan fingerprint density at radius 1 is 0.875 bits per heavy atom. The van der Waals surface area contributed by atoms with Gasteiger partial charge in [0.05, 0.1) is 11.3 Å². The Morgan fingerprint density at radius 3 is 2.38 bits per heavy atom. The zero-order valence-corrected chi connectivity index (χ0v) is 12.5. The molecular weight excluding hydrogens is 312 g/mol. The van der Waals surface area contributed by atoms with Crippen LogP contribution in [-0.2, 0) is 0 Å². The number of nitrogens with one attached hydrogen (secondary N) is 1. The van der Waals surface area contributed by atoms with E-state index >= 15 is 0 Å². The lowest BCUT2D eigenvalue weighted by Crippen LogP contribution is -2.14. The summed E-state index contributed by atoms with van der Waals surface area (Å²) in [6.45, 7) is 0. The van der Waals surface area contributed by atoms with Gasteiger partial charge in [0.1, 0.15) is 23.1 Å². The first kappa shape index (κ1) is 15.7. The number of carbonyl (C=O) groups is 1. The smallest absolute Gasteiger partial charge is 0.259 e. The summed E-state index contributed by atoms with van der Waals surface area (Å²) < 4.78 is 32.6. The highest BCUT2D eigenvalue weighted by atomic mass is 19.1. The zero-order valence-electron chi connectivity index (χ0n) is 12.5. The van der Waals surface area contributed by atoms with Gasteiger partial charge in [-0.25, -0.2) is 8.78 Å². The molecule has 24 heavy (non-hydrogen) atoms. The molecule has 0 saturated carbocycles. The Labute approximate surface area is 137 Å². The van der Waals surface area contributed by atoms with Crippen molar-refractivity contribution in [1.29, 1.82) is 0 Å². The molecule has 5 heteroatoms. The SMILES string of the molecule is O=C(Nc1cc(F)ccc1F)c1ccccc1Oc1ccccc1. The van der Waals surface area contributed by atoms with Crippen LogP contribution >= 0.6 is 0 Å². The molecule has 0 aromatic heterocycles. The molecule has 0 atom stereocenters. The number of hydrogen-bond acceptors (Lipinski definition) is 2. The van der Waals surface area contributed by atoms with Crippen LogP contribution < -0.4 is 10.1 Å². The fourth-order valence-corrected chi connectivity index (χ4v) is 2.14. The third-order valence-corrected chi connectivity index (χ3v) is 3.28. The number of benzene rings is 3. The number of carbonyl (C=O) groups excluding carboxylic acids is 1. The highest BCUT2D eigenvalue weighted by Gasteiger charge is 2.15. The van der Waals surface area contributed by atoms with Gasteiger partial charge in [0.2, 0.25) is 0 Å². The van der Waals surface area contributed by atoms with E-state index in [1.165, 1.54) is 0 Å². The molecule has 120 valence electrons. The van der Waals surface area contributed by atoms with Crippen LogP contribution in [0.15, 0.2) is 72.8 Å². The maximum Gasteiger partial charge on any atom is 0.259 e. The fourth-order valence-electron chi connectivity index (χ4n) is 2.14. The van der Waals surface area contributed by atoms with Gasteiger partial charge in [-0.2, -0.15) is 0 Å². The van der Waals surface area contributed by atoms with Gasteiger partial charge in [0.25, 0.3) is 5.91 Å². The second-order valence-corrected chi connectivity index (χ2v) is 4.99. The number of rotatable bonds is 4. The molecule has 1 N–H and O–H groups in total. The van der Waals surface area contributed by atoms with E-state index in [1.807, 2.05) is 6.07 Å². The maximum atomic E-state index is 13.7. The lowest BCUT2D eigenvalue weighted by atomic mass is 10.1. The molecule has 0 heterocycles. The van der Waals surface area contributed by atoms with Crippen LogP contribution in [0, 0.1) is 11.6 Å². The van der Waals surface area contributed by atoms with Crippen molar-refractivity contribution in [2.75, 3.05) is 5.32 Å². The molecule has 0 saturated heterocycles. The molecule has 0 aliphatic carbocycles. The highest BCUT2D eigenvalue weighted by Crippen LogP contribution is 2.26. The standard InChI is InChI=1S/C19H13F2NO2/c20-13-10-11-16(21)17(12-13)22-19(23)15-8-4-5-9-18(15)24-14-6-2-1-3-7-14/h1-12H,(H,22,23). The highest BCUT2D eigenvalue weighted by molar-refractivity contribution is 6.06. The minimum Gasteiger partial charge on any atom is -0.457 e. The molecule has 0 unspecified atom stereocenters. The number of para-hydroxylation sites is 2. The lowest BCUT2D eigenvalue weighted by molar-refractivity contribution is 0.102. The fraction of sp³-hybridized carbons (Fsp3) is 0. The maximum absolute atomic E-state index is 13.7. The van der Waals surface area contributed by atoms with Crippen molar-refractivity contribution in [3.63, 3.8) is 0 Å². The van der Waals surface area contributed by atoms with E-state index in [2.05, 4.69) is 5.32 Å². The predicted molar refractivity (Wildman–Crippen MR) is 87.3 cm³/mol. The van der Waals surface area contributed by atoms with Crippen LogP contribution in [0.4, 0.5) is 14.5 Å². The molecule has 3 aromatic carbocycles. The number of ether oxygens (including phenoxy) is 1. The van der Waals surface area contributed by atoms with Crippen molar-refractivity contribution >= 4 is 11.6 Å². The van der Waals surface area contributed by atoms with Crippen LogP contribution in [0.1, 0.15) is 10.4 Å². The molecule has 0 fully saturated rings. The Bertz CT molecular complexity index is 866. The average molecular weight is 325 g/mol. The van der Waals surface area contributed by atoms with Gasteiger partial charge >= 0.3 is 0 Å². The predicted octanol–water partition coefficient (Wildman–Crippen LogP) is 5.01. The van der Waals surface area contributed by atoms with Gasteiger partial charge in [-0.1, -0.05) is 30.3 Å². The average Bonchev–Trinajstić information content (AvgIpc) is 2.59. The summed E-state index contributed by atoms with van der Waals surface area (Å²) in [6.07, 6.45) is 0. The molecule has 3 nitrogen and oxygen atoms in total. The number of anilines is 1. The van der Waals surface area contributed by atoms with Crippen molar-refractivity contribution in [2.45, 2.75) is 0 Å². The minimum absolute atomic E-state index is 0.213. The third kappa shape index (κ3) is 3.57. The van der Waals surface area contributed by atoms with Crippen molar-refractivity contribution in [3.05, 3.63) is 90.0 Å². The van der Waals surface area contributed by atoms with E-state index in [1.54, 1.807) is 48.5 Å². The normalized spacial score (nSPS) is 10.2. The van der Waals surface area contributed by atoms with Gasteiger partial charge in [0, 0.05) is 6.07 Å². The molecule has 0 bridgehead atoms. The lowest BCUT2D eigenvalue weighted by Gasteiger charge is -2.12. The Hall–Kier alpha value is -3.21. The monoisotopic (exact) mass is 325 g/mol. The van der Waals surface area contributed by atoms with Gasteiger partial charge < -0.3 is 10.1 Å². The number of halogens is 2. The molecule has 3 aromatic rings. The first-order chi connectivity index (χ1) is 11.6. The minimum atomic E-state index is -0.716. The molecule has 3 rings (SSSR count). The Balaban J connectivity index is 1.86. The van der Waals surface area contributed by atoms with Gasteiger partial charge in [-0.05, 0) is 36.4 Å². The third-order valence-electron chi connectivity index (χ3n) is 3.28. The van der Waals surface area contributed by atoms with E-state index in [0.717, 1.165) is 18.2 Å². The van der Waals surface area contributed by atoms with E-state index in [0.29, 0.717) is 11.5 Å². The summed E-state index contributed by atoms with van der Waals surface area (Å²) in [5.74, 6) is -1.06. The van der Waals surface area contributed by atoms with E-state index < -0.39 is 17.5 Å². The van der Waals surface area contributed by atoms with Gasteiger partial charge in [-0.15, -0.1) is 0 Å². The Kier molecular flexibility index (Phi) is 4.52. The zero-order chi connectivity index (χ0) is 16.9. The summed E-state index contributed by atoms with van der Waals surface area (Å²) in [4.78, 5) is 12.4. The Morgan fingerprint density at radius 2 is 1.58 bits per heavy atom. The molecule has 0 spiro atoms. The quantitative estimate of drug-likeness (QED) is 0.732.